The summed E-state index contributed by atoms with van der Waals surface area (Å²) in [5, 5.41) is 1.28. The number of pyridine rings is 1. The number of benzene rings is 2. The van der Waals surface area contributed by atoms with E-state index in [1.54, 1.807) is 0 Å². The van der Waals surface area contributed by atoms with Crippen LogP contribution in [-0.2, 0) is 13.6 Å². The van der Waals surface area contributed by atoms with Crippen LogP contribution >= 0.6 is 0 Å². The van der Waals surface area contributed by atoms with Crippen LogP contribution in [0.1, 0.15) is 5.69 Å². The molecule has 5 aromatic rings. The molecule has 4 heterocycles. The molecule has 0 aliphatic carbocycles. The first-order valence-corrected chi connectivity index (χ1v) is 8.86. The smallest absolute Gasteiger partial charge is 0.257 e. The zero-order valence-corrected chi connectivity index (χ0v) is 14.4. The van der Waals surface area contributed by atoms with Gasteiger partial charge in [-0.3, -0.25) is 4.98 Å². The highest BCUT2D eigenvalue weighted by atomic mass is 15.2. The van der Waals surface area contributed by atoms with Crippen LogP contribution in [0, 0.1) is 0 Å². The lowest BCUT2D eigenvalue weighted by atomic mass is 10.2. The second kappa shape index (κ2) is 4.82. The Morgan fingerprint density at radius 1 is 0.923 bits per heavy atom. The van der Waals surface area contributed by atoms with Crippen molar-refractivity contribution in [2.75, 3.05) is 0 Å². The molecule has 4 nitrogen and oxygen atoms in total. The molecule has 0 spiro atoms. The number of fused-ring (bicyclic) bond motifs is 7. The molecule has 1 aliphatic rings. The Bertz CT molecular complexity index is 1310. The Hall–Kier alpha value is -3.40. The van der Waals surface area contributed by atoms with E-state index in [4.69, 9.17) is 0 Å². The third-order valence-electron chi connectivity index (χ3n) is 5.44. The summed E-state index contributed by atoms with van der Waals surface area (Å²) in [7, 11) is 2.16. The van der Waals surface area contributed by atoms with Crippen LogP contribution in [-0.4, -0.2) is 14.1 Å². The van der Waals surface area contributed by atoms with Crippen molar-refractivity contribution >= 4 is 22.1 Å². The summed E-state index contributed by atoms with van der Waals surface area (Å²) in [5.41, 5.74) is 7.30. The van der Waals surface area contributed by atoms with Gasteiger partial charge in [-0.1, -0.05) is 30.3 Å². The van der Waals surface area contributed by atoms with Gasteiger partial charge in [-0.05, 0) is 36.4 Å². The highest BCUT2D eigenvalue weighted by molar-refractivity contribution is 6.06. The van der Waals surface area contributed by atoms with E-state index in [9.17, 15) is 0 Å². The van der Waals surface area contributed by atoms with E-state index in [0.717, 1.165) is 12.2 Å². The van der Waals surface area contributed by atoms with Crippen LogP contribution in [0.5, 0.6) is 0 Å². The van der Waals surface area contributed by atoms with Crippen LogP contribution in [0.3, 0.4) is 0 Å². The number of aryl methyl sites for hydroxylation is 1. The van der Waals surface area contributed by atoms with Crippen LogP contribution in [0.4, 0.5) is 0 Å². The average molecular weight is 337 g/mol. The molecule has 0 atom stereocenters. The molecule has 0 bridgehead atoms. The molecule has 0 saturated carbocycles. The van der Waals surface area contributed by atoms with E-state index in [2.05, 4.69) is 86.4 Å². The summed E-state index contributed by atoms with van der Waals surface area (Å²) in [6.07, 6.45) is 1.88. The molecule has 6 rings (SSSR count). The first kappa shape index (κ1) is 13.8. The van der Waals surface area contributed by atoms with Gasteiger partial charge in [0.2, 0.25) is 5.82 Å². The first-order valence-electron chi connectivity index (χ1n) is 8.86. The molecule has 0 radical (unpaired) electrons. The summed E-state index contributed by atoms with van der Waals surface area (Å²) in [6.45, 7) is 0.825. The van der Waals surface area contributed by atoms with E-state index < -0.39 is 0 Å². The van der Waals surface area contributed by atoms with Gasteiger partial charge in [-0.25, -0.2) is 13.7 Å². The number of aromatic nitrogens is 4. The average Bonchev–Trinajstić information content (AvgIpc) is 3.31. The van der Waals surface area contributed by atoms with E-state index in [1.807, 2.05) is 12.3 Å². The minimum atomic E-state index is 0.825. The number of para-hydroxylation sites is 2. The van der Waals surface area contributed by atoms with E-state index in [0.29, 0.717) is 0 Å². The summed E-state index contributed by atoms with van der Waals surface area (Å²) in [6, 6.07) is 23.5. The van der Waals surface area contributed by atoms with Crippen LogP contribution < -0.4 is 4.57 Å². The minimum Gasteiger partial charge on any atom is -0.257 e. The maximum Gasteiger partial charge on any atom is 0.274 e. The SMILES string of the molecule is C[n+]1c2n(c3c4ccccc4n(-c4ccccc4)c31)Cc1ncccc1-2. The van der Waals surface area contributed by atoms with Crippen LogP contribution in [0.15, 0.2) is 72.9 Å². The predicted octanol–water partition coefficient (Wildman–Crippen LogP) is 3.83. The molecular weight excluding hydrogens is 320 g/mol. The lowest BCUT2D eigenvalue weighted by molar-refractivity contribution is -0.636. The number of hydrogen-bond acceptors (Lipinski definition) is 1. The first-order chi connectivity index (χ1) is 12.8. The molecule has 0 fully saturated rings. The standard InChI is InChI=1S/C22H17N4/c1-24-21-16-11-7-13-23-18(16)14-25(21)20-17-10-5-6-12-19(17)26(22(20)24)15-8-3-2-4-9-15/h2-13H,14H2,1H3/q+1. The lowest BCUT2D eigenvalue weighted by Gasteiger charge is -2.03. The number of rotatable bonds is 1. The van der Waals surface area contributed by atoms with Crippen molar-refractivity contribution in [1.82, 2.24) is 14.1 Å². The lowest BCUT2D eigenvalue weighted by Crippen LogP contribution is -2.31. The summed E-state index contributed by atoms with van der Waals surface area (Å²) < 4.78 is 7.09. The maximum atomic E-state index is 4.60. The zero-order valence-electron chi connectivity index (χ0n) is 14.4. The minimum absolute atomic E-state index is 0.825. The maximum absolute atomic E-state index is 4.60. The molecule has 124 valence electrons. The second-order valence-electron chi connectivity index (χ2n) is 6.83. The van der Waals surface area contributed by atoms with Gasteiger partial charge in [0.25, 0.3) is 5.65 Å². The Morgan fingerprint density at radius 3 is 2.62 bits per heavy atom. The normalized spacial score (nSPS) is 12.7. The quantitative estimate of drug-likeness (QED) is 0.419. The Labute approximate surface area is 150 Å². The summed E-state index contributed by atoms with van der Waals surface area (Å²) >= 11 is 0. The highest BCUT2D eigenvalue weighted by Gasteiger charge is 2.35. The molecular formula is C22H17N4+. The van der Waals surface area contributed by atoms with E-state index in [-0.39, 0.29) is 0 Å². The predicted molar refractivity (Wildman–Crippen MR) is 102 cm³/mol. The molecule has 0 N–H and O–H groups in total. The molecule has 1 aliphatic heterocycles. The topological polar surface area (TPSA) is 26.6 Å². The van der Waals surface area contributed by atoms with Crippen molar-refractivity contribution in [3.8, 4) is 17.1 Å². The third-order valence-corrected chi connectivity index (χ3v) is 5.44. The van der Waals surface area contributed by atoms with Crippen molar-refractivity contribution in [3.05, 3.63) is 78.6 Å². The Kier molecular flexibility index (Phi) is 2.57. The molecule has 26 heavy (non-hydrogen) atoms. The number of nitrogens with zero attached hydrogens (tertiary/aromatic N) is 4. The fraction of sp³-hybridized carbons (Fsp3) is 0.0909. The van der Waals surface area contributed by atoms with Crippen molar-refractivity contribution in [2.24, 2.45) is 7.05 Å². The van der Waals surface area contributed by atoms with Crippen molar-refractivity contribution in [1.29, 1.82) is 0 Å². The summed E-state index contributed by atoms with van der Waals surface area (Å²) in [5.74, 6) is 1.23. The molecule has 3 aromatic heterocycles. The largest absolute Gasteiger partial charge is 0.274 e. The van der Waals surface area contributed by atoms with Crippen molar-refractivity contribution in [3.63, 3.8) is 0 Å². The third kappa shape index (κ3) is 1.59. The number of hydrogen-bond donors (Lipinski definition) is 0. The Balaban J connectivity index is 1.83. The van der Waals surface area contributed by atoms with Crippen LogP contribution in [0.2, 0.25) is 0 Å². The number of imidazole rings is 1. The van der Waals surface area contributed by atoms with E-state index in [1.165, 1.54) is 39.1 Å². The van der Waals surface area contributed by atoms with Gasteiger partial charge in [0.15, 0.2) is 5.52 Å². The highest BCUT2D eigenvalue weighted by Crippen LogP contribution is 2.37. The zero-order chi connectivity index (χ0) is 17.3. The van der Waals surface area contributed by atoms with Crippen LogP contribution in [0.25, 0.3) is 39.1 Å². The molecule has 2 aromatic carbocycles. The summed E-state index contributed by atoms with van der Waals surface area (Å²) in [4.78, 5) is 4.60. The van der Waals surface area contributed by atoms with Crippen molar-refractivity contribution in [2.45, 2.75) is 6.54 Å². The van der Waals surface area contributed by atoms with Gasteiger partial charge in [0.05, 0.1) is 23.7 Å². The van der Waals surface area contributed by atoms with Gasteiger partial charge in [-0.2, -0.15) is 0 Å². The van der Waals surface area contributed by atoms with Gasteiger partial charge in [0, 0.05) is 6.20 Å². The van der Waals surface area contributed by atoms with E-state index >= 15 is 0 Å². The fourth-order valence-electron chi connectivity index (χ4n) is 4.41. The van der Waals surface area contributed by atoms with Gasteiger partial charge >= 0.3 is 0 Å². The fourth-order valence-corrected chi connectivity index (χ4v) is 4.41. The molecule has 0 unspecified atom stereocenters. The second-order valence-corrected chi connectivity index (χ2v) is 6.83. The van der Waals surface area contributed by atoms with Gasteiger partial charge in [0.1, 0.15) is 17.7 Å². The Morgan fingerprint density at radius 2 is 1.73 bits per heavy atom. The molecule has 4 heteroatoms. The molecule has 0 amide bonds. The van der Waals surface area contributed by atoms with Gasteiger partial charge < -0.3 is 0 Å². The monoisotopic (exact) mass is 337 g/mol. The van der Waals surface area contributed by atoms with Gasteiger partial charge in [-0.15, -0.1) is 0 Å². The van der Waals surface area contributed by atoms with Crippen molar-refractivity contribution < 1.29 is 4.57 Å². The molecule has 0 saturated heterocycles.